The normalized spacial score (nSPS) is 13.7. The Morgan fingerprint density at radius 1 is 1.25 bits per heavy atom. The quantitative estimate of drug-likeness (QED) is 0.808. The van der Waals surface area contributed by atoms with Gasteiger partial charge in [0.2, 0.25) is 5.91 Å². The molecule has 1 aliphatic heterocycles. The number of para-hydroxylation sites is 2. The zero-order chi connectivity index (χ0) is 17.1. The summed E-state index contributed by atoms with van der Waals surface area (Å²) < 4.78 is 5.21. The van der Waals surface area contributed by atoms with Crippen LogP contribution in [0.2, 0.25) is 0 Å². The number of hydrogen-bond acceptors (Lipinski definition) is 3. The van der Waals surface area contributed by atoms with Crippen LogP contribution < -0.4 is 20.7 Å². The lowest BCUT2D eigenvalue weighted by Gasteiger charge is -2.17. The molecule has 2 aromatic rings. The van der Waals surface area contributed by atoms with Crippen LogP contribution in [0, 0.1) is 0 Å². The average Bonchev–Trinajstić information content (AvgIpc) is 2.94. The minimum absolute atomic E-state index is 0.00308. The SMILES string of the molecule is COc1ccccc1NC(=O)N[C@H](C)c1ccc2c(c1)CC(=O)N2. The van der Waals surface area contributed by atoms with Crippen LogP contribution in [0.4, 0.5) is 16.2 Å². The minimum Gasteiger partial charge on any atom is -0.495 e. The van der Waals surface area contributed by atoms with Crippen LogP contribution >= 0.6 is 0 Å². The van der Waals surface area contributed by atoms with Crippen LogP contribution in [0.3, 0.4) is 0 Å². The van der Waals surface area contributed by atoms with Gasteiger partial charge in [-0.2, -0.15) is 0 Å². The van der Waals surface area contributed by atoms with Gasteiger partial charge in [0.15, 0.2) is 0 Å². The van der Waals surface area contributed by atoms with E-state index in [-0.39, 0.29) is 18.0 Å². The smallest absolute Gasteiger partial charge is 0.319 e. The molecule has 0 radical (unpaired) electrons. The van der Waals surface area contributed by atoms with E-state index in [9.17, 15) is 9.59 Å². The molecule has 3 N–H and O–H groups in total. The van der Waals surface area contributed by atoms with Crippen LogP contribution in [0.5, 0.6) is 5.75 Å². The first-order valence-electron chi connectivity index (χ1n) is 7.70. The summed E-state index contributed by atoms with van der Waals surface area (Å²) in [6, 6.07) is 12.4. The molecule has 0 fully saturated rings. The second kappa shape index (κ2) is 6.62. The number of nitrogens with one attached hydrogen (secondary N) is 3. The van der Waals surface area contributed by atoms with E-state index in [1.165, 1.54) is 0 Å². The van der Waals surface area contributed by atoms with Crippen LogP contribution in [-0.4, -0.2) is 19.0 Å². The number of anilines is 2. The molecule has 124 valence electrons. The summed E-state index contributed by atoms with van der Waals surface area (Å²) in [6.45, 7) is 1.90. The van der Waals surface area contributed by atoms with Crippen molar-refractivity contribution in [2.24, 2.45) is 0 Å². The Morgan fingerprint density at radius 3 is 2.83 bits per heavy atom. The molecule has 0 aromatic heterocycles. The van der Waals surface area contributed by atoms with Crippen molar-refractivity contribution in [3.05, 3.63) is 53.6 Å². The maximum absolute atomic E-state index is 12.2. The molecule has 0 unspecified atom stereocenters. The fourth-order valence-electron chi connectivity index (χ4n) is 2.70. The van der Waals surface area contributed by atoms with E-state index in [1.54, 1.807) is 19.2 Å². The maximum atomic E-state index is 12.2. The molecule has 0 bridgehead atoms. The lowest BCUT2D eigenvalue weighted by atomic mass is 10.0. The summed E-state index contributed by atoms with van der Waals surface area (Å²) in [5.74, 6) is 0.596. The number of ether oxygens (including phenoxy) is 1. The Labute approximate surface area is 140 Å². The Bertz CT molecular complexity index is 789. The molecule has 1 aliphatic rings. The van der Waals surface area contributed by atoms with Crippen LogP contribution in [-0.2, 0) is 11.2 Å². The van der Waals surface area contributed by atoms with E-state index in [2.05, 4.69) is 16.0 Å². The molecule has 24 heavy (non-hydrogen) atoms. The molecule has 1 atom stereocenters. The number of carbonyl (C=O) groups excluding carboxylic acids is 2. The summed E-state index contributed by atoms with van der Waals surface area (Å²) in [5, 5.41) is 8.46. The predicted octanol–water partition coefficient (Wildman–Crippen LogP) is 3.07. The first-order valence-corrected chi connectivity index (χ1v) is 7.70. The lowest BCUT2D eigenvalue weighted by molar-refractivity contribution is -0.115. The van der Waals surface area contributed by atoms with Gasteiger partial charge in [0.1, 0.15) is 5.75 Å². The van der Waals surface area contributed by atoms with E-state index in [0.29, 0.717) is 17.9 Å². The molecule has 3 rings (SSSR count). The van der Waals surface area contributed by atoms with Crippen molar-refractivity contribution < 1.29 is 14.3 Å². The molecule has 0 saturated heterocycles. The third-order valence-electron chi connectivity index (χ3n) is 3.96. The molecule has 1 heterocycles. The maximum Gasteiger partial charge on any atom is 0.319 e. The van der Waals surface area contributed by atoms with Crippen molar-refractivity contribution in [2.75, 3.05) is 17.7 Å². The highest BCUT2D eigenvalue weighted by molar-refractivity contribution is 5.99. The van der Waals surface area contributed by atoms with Gasteiger partial charge < -0.3 is 20.7 Å². The Morgan fingerprint density at radius 2 is 2.04 bits per heavy atom. The number of fused-ring (bicyclic) bond motifs is 1. The van der Waals surface area contributed by atoms with E-state index in [4.69, 9.17) is 4.74 Å². The number of rotatable bonds is 4. The van der Waals surface area contributed by atoms with Gasteiger partial charge in [-0.15, -0.1) is 0 Å². The number of carbonyl (C=O) groups is 2. The Hall–Kier alpha value is -3.02. The average molecular weight is 325 g/mol. The number of methoxy groups -OCH3 is 1. The number of urea groups is 1. The van der Waals surface area contributed by atoms with Gasteiger partial charge in [-0.3, -0.25) is 4.79 Å². The number of amides is 3. The second-order valence-electron chi connectivity index (χ2n) is 5.66. The first kappa shape index (κ1) is 15.9. The molecular weight excluding hydrogens is 306 g/mol. The highest BCUT2D eigenvalue weighted by Gasteiger charge is 2.19. The molecule has 6 heteroatoms. The Kier molecular flexibility index (Phi) is 4.37. The van der Waals surface area contributed by atoms with E-state index < -0.39 is 0 Å². The summed E-state index contributed by atoms with van der Waals surface area (Å²) in [4.78, 5) is 23.6. The topological polar surface area (TPSA) is 79.5 Å². The van der Waals surface area contributed by atoms with Gasteiger partial charge in [0.05, 0.1) is 25.3 Å². The third kappa shape index (κ3) is 3.32. The van der Waals surface area contributed by atoms with E-state index >= 15 is 0 Å². The van der Waals surface area contributed by atoms with Gasteiger partial charge in [-0.1, -0.05) is 24.3 Å². The van der Waals surface area contributed by atoms with E-state index in [0.717, 1.165) is 16.8 Å². The fourth-order valence-corrected chi connectivity index (χ4v) is 2.70. The third-order valence-corrected chi connectivity index (χ3v) is 3.96. The molecule has 6 nitrogen and oxygen atoms in total. The second-order valence-corrected chi connectivity index (χ2v) is 5.66. The molecule has 0 saturated carbocycles. The zero-order valence-electron chi connectivity index (χ0n) is 13.6. The van der Waals surface area contributed by atoms with Gasteiger partial charge in [-0.25, -0.2) is 4.79 Å². The minimum atomic E-state index is -0.318. The Balaban J connectivity index is 1.66. The van der Waals surface area contributed by atoms with Crippen molar-refractivity contribution in [1.82, 2.24) is 5.32 Å². The van der Waals surface area contributed by atoms with Crippen molar-refractivity contribution >= 4 is 23.3 Å². The van der Waals surface area contributed by atoms with Crippen molar-refractivity contribution in [3.8, 4) is 5.75 Å². The summed E-state index contributed by atoms with van der Waals surface area (Å²) in [5.41, 5.74) is 3.35. The van der Waals surface area contributed by atoms with Crippen LogP contribution in [0.25, 0.3) is 0 Å². The fraction of sp³-hybridized carbons (Fsp3) is 0.222. The number of benzene rings is 2. The molecule has 2 aromatic carbocycles. The first-order chi connectivity index (χ1) is 11.6. The highest BCUT2D eigenvalue weighted by atomic mass is 16.5. The molecule has 0 spiro atoms. The predicted molar refractivity (Wildman–Crippen MR) is 92.3 cm³/mol. The van der Waals surface area contributed by atoms with Crippen molar-refractivity contribution in [2.45, 2.75) is 19.4 Å². The van der Waals surface area contributed by atoms with Gasteiger partial charge in [-0.05, 0) is 36.2 Å². The summed E-state index contributed by atoms with van der Waals surface area (Å²) >= 11 is 0. The monoisotopic (exact) mass is 325 g/mol. The van der Waals surface area contributed by atoms with Gasteiger partial charge >= 0.3 is 6.03 Å². The van der Waals surface area contributed by atoms with Crippen molar-refractivity contribution in [1.29, 1.82) is 0 Å². The largest absolute Gasteiger partial charge is 0.495 e. The van der Waals surface area contributed by atoms with Gasteiger partial charge in [0.25, 0.3) is 0 Å². The standard InChI is InChI=1S/C18H19N3O3/c1-11(12-7-8-14-13(9-12)10-17(22)20-14)19-18(23)21-15-5-3-4-6-16(15)24-2/h3-9,11H,10H2,1-2H3,(H,20,22)(H2,19,21,23)/t11-/m1/s1. The molecule has 0 aliphatic carbocycles. The number of hydrogen-bond donors (Lipinski definition) is 3. The van der Waals surface area contributed by atoms with Gasteiger partial charge in [0, 0.05) is 5.69 Å². The van der Waals surface area contributed by atoms with Crippen molar-refractivity contribution in [3.63, 3.8) is 0 Å². The van der Waals surface area contributed by atoms with Crippen LogP contribution in [0.1, 0.15) is 24.1 Å². The van der Waals surface area contributed by atoms with E-state index in [1.807, 2.05) is 37.3 Å². The summed E-state index contributed by atoms with van der Waals surface area (Å²) in [6.07, 6.45) is 0.378. The molecular formula is C18H19N3O3. The molecule has 3 amide bonds. The zero-order valence-corrected chi connectivity index (χ0v) is 13.6. The lowest BCUT2D eigenvalue weighted by Crippen LogP contribution is -2.31. The van der Waals surface area contributed by atoms with Crippen LogP contribution in [0.15, 0.2) is 42.5 Å². The highest BCUT2D eigenvalue weighted by Crippen LogP contribution is 2.27. The summed E-state index contributed by atoms with van der Waals surface area (Å²) in [7, 11) is 1.56.